The number of aryl methyl sites for hydroxylation is 1. The van der Waals surface area contributed by atoms with Crippen LogP contribution in [0.25, 0.3) is 0 Å². The van der Waals surface area contributed by atoms with E-state index in [9.17, 15) is 4.79 Å². The van der Waals surface area contributed by atoms with E-state index < -0.39 is 0 Å². The van der Waals surface area contributed by atoms with Crippen molar-refractivity contribution < 1.29 is 4.79 Å². The van der Waals surface area contributed by atoms with Gasteiger partial charge in [0.05, 0.1) is 0 Å². The first-order valence-corrected chi connectivity index (χ1v) is 6.19. The topological polar surface area (TPSA) is 32.3 Å². The first-order chi connectivity index (χ1) is 8.19. The third-order valence-corrected chi connectivity index (χ3v) is 2.83. The highest BCUT2D eigenvalue weighted by Gasteiger charge is 2.09. The summed E-state index contributed by atoms with van der Waals surface area (Å²) in [6.07, 6.45) is 2.78. The molecule has 1 aromatic carbocycles. The minimum absolute atomic E-state index is 0.141. The molecule has 1 amide bonds. The highest BCUT2D eigenvalue weighted by atomic mass is 16.2. The minimum Gasteiger partial charge on any atom is -0.319 e. The molecule has 17 heavy (non-hydrogen) atoms. The number of nitrogens with zero attached hydrogens (tertiary/aromatic N) is 1. The Morgan fingerprint density at radius 3 is 2.47 bits per heavy atom. The summed E-state index contributed by atoms with van der Waals surface area (Å²) >= 11 is 0. The Kier molecular flexibility index (Phi) is 5.70. The molecule has 3 heteroatoms. The second-order valence-corrected chi connectivity index (χ2v) is 4.22. The van der Waals surface area contributed by atoms with E-state index in [2.05, 4.69) is 24.4 Å². The molecule has 0 bridgehead atoms. The van der Waals surface area contributed by atoms with Gasteiger partial charge in [0.15, 0.2) is 0 Å². The van der Waals surface area contributed by atoms with Crippen molar-refractivity contribution in [1.29, 1.82) is 0 Å². The molecular weight excluding hydrogens is 212 g/mol. The molecule has 0 heterocycles. The van der Waals surface area contributed by atoms with Crippen molar-refractivity contribution in [3.8, 4) is 0 Å². The molecule has 0 radical (unpaired) electrons. The number of anilines is 1. The number of rotatable bonds is 6. The Balaban J connectivity index is 2.62. The number of hydrogen-bond acceptors (Lipinski definition) is 2. The molecular formula is C14H22N2O. The maximum absolute atomic E-state index is 11.8. The van der Waals surface area contributed by atoms with E-state index >= 15 is 0 Å². The number of benzene rings is 1. The SMILES string of the molecule is CCCc1ccc(N(C)C(=O)CCNC)cc1. The van der Waals surface area contributed by atoms with Gasteiger partial charge in [-0.25, -0.2) is 0 Å². The van der Waals surface area contributed by atoms with Crippen LogP contribution < -0.4 is 10.2 Å². The molecule has 0 spiro atoms. The number of hydrogen-bond donors (Lipinski definition) is 1. The largest absolute Gasteiger partial charge is 0.319 e. The molecule has 1 N–H and O–H groups in total. The molecule has 94 valence electrons. The van der Waals surface area contributed by atoms with Gasteiger partial charge in [-0.3, -0.25) is 4.79 Å². The highest BCUT2D eigenvalue weighted by Crippen LogP contribution is 2.15. The number of amides is 1. The quantitative estimate of drug-likeness (QED) is 0.818. The Bertz CT molecular complexity index is 346. The van der Waals surface area contributed by atoms with Crippen LogP contribution in [0.4, 0.5) is 5.69 Å². The van der Waals surface area contributed by atoms with E-state index in [1.165, 1.54) is 5.56 Å². The molecule has 0 aromatic heterocycles. The third kappa shape index (κ3) is 4.19. The molecule has 0 aliphatic heterocycles. The van der Waals surface area contributed by atoms with Gasteiger partial charge in [-0.2, -0.15) is 0 Å². The van der Waals surface area contributed by atoms with Crippen molar-refractivity contribution in [3.63, 3.8) is 0 Å². The van der Waals surface area contributed by atoms with Gasteiger partial charge in [0.1, 0.15) is 0 Å². The third-order valence-electron chi connectivity index (χ3n) is 2.83. The molecule has 0 unspecified atom stereocenters. The van der Waals surface area contributed by atoms with E-state index in [0.29, 0.717) is 6.42 Å². The standard InChI is InChI=1S/C14H22N2O/c1-4-5-12-6-8-13(9-7-12)16(3)14(17)10-11-15-2/h6-9,15H,4-5,10-11H2,1-3H3. The van der Waals surface area contributed by atoms with E-state index in [0.717, 1.165) is 25.1 Å². The number of carbonyl (C=O) groups is 1. The van der Waals surface area contributed by atoms with Gasteiger partial charge in [0, 0.05) is 25.7 Å². The van der Waals surface area contributed by atoms with Gasteiger partial charge in [0.25, 0.3) is 0 Å². The van der Waals surface area contributed by atoms with E-state index in [1.54, 1.807) is 4.90 Å². The fourth-order valence-corrected chi connectivity index (χ4v) is 1.72. The van der Waals surface area contributed by atoms with Crippen LogP contribution in [0.1, 0.15) is 25.3 Å². The fraction of sp³-hybridized carbons (Fsp3) is 0.500. The van der Waals surface area contributed by atoms with E-state index in [-0.39, 0.29) is 5.91 Å². The van der Waals surface area contributed by atoms with Gasteiger partial charge in [0.2, 0.25) is 5.91 Å². The van der Waals surface area contributed by atoms with Crippen molar-refractivity contribution in [1.82, 2.24) is 5.32 Å². The zero-order valence-corrected chi connectivity index (χ0v) is 11.0. The zero-order valence-electron chi connectivity index (χ0n) is 11.0. The lowest BCUT2D eigenvalue weighted by atomic mass is 10.1. The zero-order chi connectivity index (χ0) is 12.7. The van der Waals surface area contributed by atoms with E-state index in [1.807, 2.05) is 26.2 Å². The lowest BCUT2D eigenvalue weighted by molar-refractivity contribution is -0.118. The van der Waals surface area contributed by atoms with Crippen LogP contribution >= 0.6 is 0 Å². The van der Waals surface area contributed by atoms with Crippen molar-refractivity contribution in [2.24, 2.45) is 0 Å². The molecule has 0 aliphatic carbocycles. The molecule has 0 atom stereocenters. The normalized spacial score (nSPS) is 10.3. The van der Waals surface area contributed by atoms with Crippen LogP contribution in [-0.4, -0.2) is 26.5 Å². The molecule has 0 saturated carbocycles. The van der Waals surface area contributed by atoms with Crippen molar-refractivity contribution >= 4 is 11.6 Å². The monoisotopic (exact) mass is 234 g/mol. The minimum atomic E-state index is 0.141. The summed E-state index contributed by atoms with van der Waals surface area (Å²) in [4.78, 5) is 13.5. The predicted octanol–water partition coefficient (Wildman–Crippen LogP) is 2.21. The second kappa shape index (κ2) is 7.07. The van der Waals surface area contributed by atoms with Crippen LogP contribution in [0.15, 0.2) is 24.3 Å². The molecule has 1 aromatic rings. The molecule has 0 saturated heterocycles. The van der Waals surface area contributed by atoms with Crippen LogP contribution in [-0.2, 0) is 11.2 Å². The first-order valence-electron chi connectivity index (χ1n) is 6.19. The van der Waals surface area contributed by atoms with Gasteiger partial charge in [-0.15, -0.1) is 0 Å². The van der Waals surface area contributed by atoms with Gasteiger partial charge >= 0.3 is 0 Å². The summed E-state index contributed by atoms with van der Waals surface area (Å²) in [6, 6.07) is 8.23. The van der Waals surface area contributed by atoms with Crippen LogP contribution in [0.3, 0.4) is 0 Å². The fourth-order valence-electron chi connectivity index (χ4n) is 1.72. The molecule has 0 fully saturated rings. The Morgan fingerprint density at radius 2 is 1.94 bits per heavy atom. The lowest BCUT2D eigenvalue weighted by Crippen LogP contribution is -2.28. The average molecular weight is 234 g/mol. The Labute approximate surface area is 104 Å². The van der Waals surface area contributed by atoms with Gasteiger partial charge in [-0.05, 0) is 31.2 Å². The second-order valence-electron chi connectivity index (χ2n) is 4.22. The maximum Gasteiger partial charge on any atom is 0.227 e. The van der Waals surface area contributed by atoms with E-state index in [4.69, 9.17) is 0 Å². The Morgan fingerprint density at radius 1 is 1.29 bits per heavy atom. The Hall–Kier alpha value is -1.35. The van der Waals surface area contributed by atoms with Crippen LogP contribution in [0.5, 0.6) is 0 Å². The predicted molar refractivity (Wildman–Crippen MR) is 72.4 cm³/mol. The molecule has 3 nitrogen and oxygen atoms in total. The number of carbonyl (C=O) groups excluding carboxylic acids is 1. The van der Waals surface area contributed by atoms with Crippen LogP contribution in [0.2, 0.25) is 0 Å². The summed E-state index contributed by atoms with van der Waals surface area (Å²) in [5.41, 5.74) is 2.29. The smallest absolute Gasteiger partial charge is 0.227 e. The first kappa shape index (κ1) is 13.7. The summed E-state index contributed by atoms with van der Waals surface area (Å²) in [6.45, 7) is 2.89. The van der Waals surface area contributed by atoms with Gasteiger partial charge < -0.3 is 10.2 Å². The lowest BCUT2D eigenvalue weighted by Gasteiger charge is -2.17. The van der Waals surface area contributed by atoms with Gasteiger partial charge in [-0.1, -0.05) is 25.5 Å². The number of nitrogens with one attached hydrogen (secondary N) is 1. The maximum atomic E-state index is 11.8. The van der Waals surface area contributed by atoms with Crippen molar-refractivity contribution in [3.05, 3.63) is 29.8 Å². The average Bonchev–Trinajstić information content (AvgIpc) is 2.36. The summed E-state index contributed by atoms with van der Waals surface area (Å²) in [5.74, 6) is 0.141. The molecule has 0 aliphatic rings. The van der Waals surface area contributed by atoms with Crippen LogP contribution in [0, 0.1) is 0 Å². The van der Waals surface area contributed by atoms with Crippen molar-refractivity contribution in [2.75, 3.05) is 25.5 Å². The summed E-state index contributed by atoms with van der Waals surface area (Å²) in [5, 5.41) is 2.98. The summed E-state index contributed by atoms with van der Waals surface area (Å²) in [7, 11) is 3.68. The van der Waals surface area contributed by atoms with Crippen molar-refractivity contribution in [2.45, 2.75) is 26.2 Å². The molecule has 1 rings (SSSR count). The highest BCUT2D eigenvalue weighted by molar-refractivity contribution is 5.92. The summed E-state index contributed by atoms with van der Waals surface area (Å²) < 4.78 is 0.